The number of hydrogen-bond acceptors (Lipinski definition) is 2. The number of para-hydroxylation sites is 1. The Balaban J connectivity index is 2.17. The second kappa shape index (κ2) is 5.53. The first kappa shape index (κ1) is 13.1. The topological polar surface area (TPSA) is 35.8 Å². The molecular weight excluding hydrogens is 239 g/mol. The molecule has 0 bridgehead atoms. The third-order valence-electron chi connectivity index (χ3n) is 2.89. The van der Waals surface area contributed by atoms with Gasteiger partial charge in [-0.3, -0.25) is 0 Å². The number of hydrogen-bond donors (Lipinski definition) is 1. The average molecular weight is 254 g/mol. The highest BCUT2D eigenvalue weighted by Gasteiger charge is 2.24. The summed E-state index contributed by atoms with van der Waals surface area (Å²) in [5.41, 5.74) is 0.908. The van der Waals surface area contributed by atoms with Crippen LogP contribution < -0.4 is 5.32 Å². The first-order valence-corrected chi connectivity index (χ1v) is 6.10. The number of nitrogens with one attached hydrogen (secondary N) is 1. The maximum absolute atomic E-state index is 13.2. The predicted octanol–water partition coefficient (Wildman–Crippen LogP) is 3.76. The fraction of sp³-hybridized carbons (Fsp3) is 0.188. The van der Waals surface area contributed by atoms with Crippen LogP contribution in [0.15, 0.2) is 54.6 Å². The SMILES string of the molecule is CC(C#N)(Cc1cccc(F)c1)Nc1ccccc1. The fourth-order valence-electron chi connectivity index (χ4n) is 2.01. The molecule has 96 valence electrons. The van der Waals surface area contributed by atoms with Crippen molar-refractivity contribution in [1.29, 1.82) is 5.26 Å². The van der Waals surface area contributed by atoms with E-state index >= 15 is 0 Å². The highest BCUT2D eigenvalue weighted by molar-refractivity contribution is 5.47. The summed E-state index contributed by atoms with van der Waals surface area (Å²) < 4.78 is 13.2. The smallest absolute Gasteiger partial charge is 0.126 e. The Morgan fingerprint density at radius 3 is 2.53 bits per heavy atom. The second-order valence-electron chi connectivity index (χ2n) is 4.74. The van der Waals surface area contributed by atoms with Gasteiger partial charge in [0.25, 0.3) is 0 Å². The Hall–Kier alpha value is -2.34. The quantitative estimate of drug-likeness (QED) is 0.901. The lowest BCUT2D eigenvalue weighted by Crippen LogP contribution is -2.35. The minimum Gasteiger partial charge on any atom is -0.367 e. The van der Waals surface area contributed by atoms with Crippen LogP contribution in [-0.4, -0.2) is 5.54 Å². The molecule has 0 heterocycles. The Morgan fingerprint density at radius 1 is 1.16 bits per heavy atom. The third-order valence-corrected chi connectivity index (χ3v) is 2.89. The minimum absolute atomic E-state index is 0.280. The van der Waals surface area contributed by atoms with Gasteiger partial charge in [0.15, 0.2) is 0 Å². The molecule has 1 unspecified atom stereocenters. The lowest BCUT2D eigenvalue weighted by molar-refractivity contribution is 0.613. The molecule has 2 nitrogen and oxygen atoms in total. The van der Waals surface area contributed by atoms with Gasteiger partial charge >= 0.3 is 0 Å². The van der Waals surface area contributed by atoms with Crippen LogP contribution in [0.5, 0.6) is 0 Å². The normalized spacial score (nSPS) is 13.3. The van der Waals surface area contributed by atoms with Crippen molar-refractivity contribution in [3.05, 3.63) is 66.0 Å². The van der Waals surface area contributed by atoms with Gasteiger partial charge in [-0.05, 0) is 36.8 Å². The van der Waals surface area contributed by atoms with Crippen LogP contribution in [0.25, 0.3) is 0 Å². The van der Waals surface area contributed by atoms with Crippen LogP contribution in [0.1, 0.15) is 12.5 Å². The number of nitrogens with zero attached hydrogens (tertiary/aromatic N) is 1. The van der Waals surface area contributed by atoms with E-state index in [1.54, 1.807) is 6.07 Å². The molecule has 0 aromatic heterocycles. The molecule has 0 saturated carbocycles. The van der Waals surface area contributed by atoms with Gasteiger partial charge in [-0.1, -0.05) is 30.3 Å². The summed E-state index contributed by atoms with van der Waals surface area (Å²) in [4.78, 5) is 0. The zero-order valence-electron chi connectivity index (χ0n) is 10.7. The molecule has 3 heteroatoms. The lowest BCUT2D eigenvalue weighted by Gasteiger charge is -2.24. The van der Waals surface area contributed by atoms with Crippen LogP contribution in [0.2, 0.25) is 0 Å². The van der Waals surface area contributed by atoms with Gasteiger partial charge in [0.2, 0.25) is 0 Å². The Bertz CT molecular complexity index is 589. The number of benzene rings is 2. The Labute approximate surface area is 112 Å². The molecule has 1 N–H and O–H groups in total. The molecule has 0 amide bonds. The van der Waals surface area contributed by atoms with E-state index in [-0.39, 0.29) is 5.82 Å². The molecule has 0 aliphatic heterocycles. The van der Waals surface area contributed by atoms with Gasteiger partial charge in [-0.25, -0.2) is 4.39 Å². The maximum Gasteiger partial charge on any atom is 0.126 e. The van der Waals surface area contributed by atoms with Crippen molar-refractivity contribution in [1.82, 2.24) is 0 Å². The summed E-state index contributed by atoms with van der Waals surface area (Å²) in [5, 5.41) is 12.6. The predicted molar refractivity (Wildman–Crippen MR) is 74.2 cm³/mol. The number of anilines is 1. The lowest BCUT2D eigenvalue weighted by atomic mass is 9.94. The van der Waals surface area contributed by atoms with E-state index in [9.17, 15) is 9.65 Å². The number of nitriles is 1. The standard InChI is InChI=1S/C16H15FN2/c1-16(12-18,19-15-8-3-2-4-9-15)11-13-6-5-7-14(17)10-13/h2-10,19H,11H2,1H3. The number of rotatable bonds is 4. The van der Waals surface area contributed by atoms with Crippen LogP contribution in [-0.2, 0) is 6.42 Å². The third kappa shape index (κ3) is 3.56. The van der Waals surface area contributed by atoms with E-state index in [1.165, 1.54) is 12.1 Å². The van der Waals surface area contributed by atoms with Crippen molar-refractivity contribution >= 4 is 5.69 Å². The molecule has 2 aromatic rings. The Kier molecular flexibility index (Phi) is 3.82. The van der Waals surface area contributed by atoms with E-state index < -0.39 is 5.54 Å². The van der Waals surface area contributed by atoms with Crippen molar-refractivity contribution in [2.24, 2.45) is 0 Å². The minimum atomic E-state index is -0.769. The molecule has 2 aromatic carbocycles. The van der Waals surface area contributed by atoms with Gasteiger partial charge in [0, 0.05) is 12.1 Å². The largest absolute Gasteiger partial charge is 0.367 e. The summed E-state index contributed by atoms with van der Waals surface area (Å²) in [6, 6.07) is 18.1. The molecule has 0 aliphatic rings. The number of halogens is 1. The molecule has 0 saturated heterocycles. The van der Waals surface area contributed by atoms with Gasteiger partial charge in [0.1, 0.15) is 11.4 Å². The highest BCUT2D eigenvalue weighted by Crippen LogP contribution is 2.19. The van der Waals surface area contributed by atoms with Gasteiger partial charge in [-0.15, -0.1) is 0 Å². The van der Waals surface area contributed by atoms with Crippen molar-refractivity contribution in [2.75, 3.05) is 5.32 Å². The van der Waals surface area contributed by atoms with Gasteiger partial charge < -0.3 is 5.32 Å². The Morgan fingerprint density at radius 2 is 1.89 bits per heavy atom. The van der Waals surface area contributed by atoms with Crippen molar-refractivity contribution in [2.45, 2.75) is 18.9 Å². The maximum atomic E-state index is 13.2. The van der Waals surface area contributed by atoms with Crippen molar-refractivity contribution < 1.29 is 4.39 Å². The summed E-state index contributed by atoms with van der Waals surface area (Å²) in [5.74, 6) is -0.280. The van der Waals surface area contributed by atoms with E-state index in [0.29, 0.717) is 6.42 Å². The summed E-state index contributed by atoms with van der Waals surface area (Å²) in [7, 11) is 0. The molecule has 0 radical (unpaired) electrons. The van der Waals surface area contributed by atoms with Gasteiger partial charge in [0.05, 0.1) is 6.07 Å². The zero-order valence-corrected chi connectivity index (χ0v) is 10.7. The average Bonchev–Trinajstić information content (AvgIpc) is 2.40. The van der Waals surface area contributed by atoms with E-state index in [0.717, 1.165) is 11.3 Å². The fourth-order valence-corrected chi connectivity index (χ4v) is 2.01. The van der Waals surface area contributed by atoms with Crippen molar-refractivity contribution in [3.8, 4) is 6.07 Å². The summed E-state index contributed by atoms with van der Waals surface area (Å²) in [6.45, 7) is 1.81. The molecule has 1 atom stereocenters. The molecule has 0 aliphatic carbocycles. The van der Waals surface area contributed by atoms with Crippen LogP contribution in [0.3, 0.4) is 0 Å². The molecule has 2 rings (SSSR count). The van der Waals surface area contributed by atoms with E-state index in [2.05, 4.69) is 11.4 Å². The summed E-state index contributed by atoms with van der Waals surface area (Å²) in [6.07, 6.45) is 0.441. The van der Waals surface area contributed by atoms with Gasteiger partial charge in [-0.2, -0.15) is 5.26 Å². The first-order chi connectivity index (χ1) is 9.11. The zero-order chi connectivity index (χ0) is 13.7. The van der Waals surface area contributed by atoms with Crippen molar-refractivity contribution in [3.63, 3.8) is 0 Å². The van der Waals surface area contributed by atoms with Crippen LogP contribution >= 0.6 is 0 Å². The molecular formula is C16H15FN2. The molecule has 0 spiro atoms. The molecule has 0 fully saturated rings. The summed E-state index contributed by atoms with van der Waals surface area (Å²) >= 11 is 0. The van der Waals surface area contributed by atoms with Crippen LogP contribution in [0, 0.1) is 17.1 Å². The van der Waals surface area contributed by atoms with Crippen LogP contribution in [0.4, 0.5) is 10.1 Å². The monoisotopic (exact) mass is 254 g/mol. The van der Waals surface area contributed by atoms with E-state index in [1.807, 2.05) is 43.3 Å². The highest BCUT2D eigenvalue weighted by atomic mass is 19.1. The van der Waals surface area contributed by atoms with E-state index in [4.69, 9.17) is 0 Å². The molecule has 19 heavy (non-hydrogen) atoms. The second-order valence-corrected chi connectivity index (χ2v) is 4.74. The first-order valence-electron chi connectivity index (χ1n) is 6.10.